The number of phenolic OH excluding ortho intramolecular Hbond substituents is 2. The summed E-state index contributed by atoms with van der Waals surface area (Å²) < 4.78 is 0. The van der Waals surface area contributed by atoms with Gasteiger partial charge in [-0.3, -0.25) is 4.79 Å². The molecule has 0 aliphatic heterocycles. The molecule has 3 heteroatoms. The van der Waals surface area contributed by atoms with Gasteiger partial charge in [0.05, 0.1) is 5.56 Å². The fourth-order valence-electron chi connectivity index (χ4n) is 1.53. The molecule has 0 amide bonds. The number of benzene rings is 2. The van der Waals surface area contributed by atoms with E-state index in [-0.39, 0.29) is 22.8 Å². The Bertz CT molecular complexity index is 583. The molecule has 0 aromatic heterocycles. The van der Waals surface area contributed by atoms with E-state index >= 15 is 0 Å². The van der Waals surface area contributed by atoms with Crippen molar-refractivity contribution in [1.29, 1.82) is 0 Å². The van der Waals surface area contributed by atoms with Crippen molar-refractivity contribution < 1.29 is 15.0 Å². The van der Waals surface area contributed by atoms with Crippen molar-refractivity contribution in [2.75, 3.05) is 0 Å². The van der Waals surface area contributed by atoms with E-state index in [2.05, 4.69) is 0 Å². The Balaban J connectivity index is 2.17. The predicted molar refractivity (Wildman–Crippen MR) is 69.6 cm³/mol. The summed E-state index contributed by atoms with van der Waals surface area (Å²) in [6.45, 7) is 0. The average Bonchev–Trinajstić information content (AvgIpc) is 2.38. The first-order valence-electron chi connectivity index (χ1n) is 5.46. The van der Waals surface area contributed by atoms with Crippen molar-refractivity contribution in [3.63, 3.8) is 0 Å². The molecule has 0 unspecified atom stereocenters. The van der Waals surface area contributed by atoms with Crippen molar-refractivity contribution >= 4 is 11.9 Å². The second kappa shape index (κ2) is 5.19. The molecule has 0 aliphatic rings. The second-order valence-corrected chi connectivity index (χ2v) is 3.81. The molecular weight excluding hydrogens is 228 g/mol. The van der Waals surface area contributed by atoms with Gasteiger partial charge >= 0.3 is 0 Å². The number of hydrogen-bond donors (Lipinski definition) is 2. The summed E-state index contributed by atoms with van der Waals surface area (Å²) in [4.78, 5) is 11.8. The van der Waals surface area contributed by atoms with Gasteiger partial charge in [-0.25, -0.2) is 0 Å². The van der Waals surface area contributed by atoms with Gasteiger partial charge < -0.3 is 10.2 Å². The summed E-state index contributed by atoms with van der Waals surface area (Å²) in [6.07, 6.45) is 3.02. The van der Waals surface area contributed by atoms with Crippen LogP contribution in [0.4, 0.5) is 0 Å². The molecule has 0 heterocycles. The third kappa shape index (κ3) is 2.77. The molecule has 0 saturated heterocycles. The van der Waals surface area contributed by atoms with Crippen LogP contribution in [0.25, 0.3) is 6.08 Å². The predicted octanol–water partition coefficient (Wildman–Crippen LogP) is 2.99. The first-order chi connectivity index (χ1) is 8.66. The van der Waals surface area contributed by atoms with Crippen LogP contribution in [0, 0.1) is 0 Å². The lowest BCUT2D eigenvalue weighted by atomic mass is 10.1. The molecule has 2 rings (SSSR count). The van der Waals surface area contributed by atoms with Gasteiger partial charge in [0.2, 0.25) is 0 Å². The molecule has 0 atom stereocenters. The zero-order valence-electron chi connectivity index (χ0n) is 9.58. The van der Waals surface area contributed by atoms with Crippen molar-refractivity contribution in [1.82, 2.24) is 0 Å². The van der Waals surface area contributed by atoms with Gasteiger partial charge in [0.15, 0.2) is 5.78 Å². The minimum absolute atomic E-state index is 0.0298. The lowest BCUT2D eigenvalue weighted by molar-refractivity contribution is 0.104. The normalized spacial score (nSPS) is 10.7. The van der Waals surface area contributed by atoms with Gasteiger partial charge in [-0.15, -0.1) is 0 Å². The number of carbonyl (C=O) groups excluding carboxylic acids is 1. The summed E-state index contributed by atoms with van der Waals surface area (Å²) >= 11 is 0. The van der Waals surface area contributed by atoms with Crippen molar-refractivity contribution in [2.45, 2.75) is 0 Å². The maximum atomic E-state index is 11.8. The van der Waals surface area contributed by atoms with E-state index < -0.39 is 0 Å². The highest BCUT2D eigenvalue weighted by molar-refractivity contribution is 6.08. The van der Waals surface area contributed by atoms with Gasteiger partial charge in [0.1, 0.15) is 11.5 Å². The minimum atomic E-state index is -0.263. The topological polar surface area (TPSA) is 57.5 Å². The Labute approximate surface area is 105 Å². The van der Waals surface area contributed by atoms with Crippen molar-refractivity contribution in [3.8, 4) is 11.5 Å². The van der Waals surface area contributed by atoms with Crippen LogP contribution in [0.3, 0.4) is 0 Å². The van der Waals surface area contributed by atoms with Crippen molar-refractivity contribution in [3.05, 3.63) is 65.7 Å². The third-order valence-electron chi connectivity index (χ3n) is 2.49. The molecule has 90 valence electrons. The molecule has 2 N–H and O–H groups in total. The number of aromatic hydroxyl groups is 2. The zero-order valence-corrected chi connectivity index (χ0v) is 9.58. The molecule has 0 bridgehead atoms. The fourth-order valence-corrected chi connectivity index (χ4v) is 1.53. The van der Waals surface area contributed by atoms with Gasteiger partial charge in [0, 0.05) is 0 Å². The summed E-state index contributed by atoms with van der Waals surface area (Å²) in [5, 5.41) is 18.7. The number of ketones is 1. The van der Waals surface area contributed by atoms with E-state index in [9.17, 15) is 9.90 Å². The molecular formula is C15H12O3. The van der Waals surface area contributed by atoms with Crippen LogP contribution in [-0.2, 0) is 0 Å². The van der Waals surface area contributed by atoms with E-state index in [1.165, 1.54) is 12.1 Å². The first kappa shape index (κ1) is 11.9. The Morgan fingerprint density at radius 1 is 0.944 bits per heavy atom. The Morgan fingerprint density at radius 2 is 1.61 bits per heavy atom. The van der Waals surface area contributed by atoms with Gasteiger partial charge in [-0.05, 0) is 35.9 Å². The van der Waals surface area contributed by atoms with E-state index in [0.29, 0.717) is 0 Å². The molecule has 2 aromatic rings. The van der Waals surface area contributed by atoms with Crippen molar-refractivity contribution in [2.24, 2.45) is 0 Å². The minimum Gasteiger partial charge on any atom is -0.508 e. The van der Waals surface area contributed by atoms with Crippen LogP contribution in [0.15, 0.2) is 54.6 Å². The second-order valence-electron chi connectivity index (χ2n) is 3.81. The average molecular weight is 240 g/mol. The number of rotatable bonds is 3. The summed E-state index contributed by atoms with van der Waals surface area (Å²) in [7, 11) is 0. The van der Waals surface area contributed by atoms with Gasteiger partial charge in [0.25, 0.3) is 0 Å². The molecule has 0 saturated carbocycles. The van der Waals surface area contributed by atoms with Crippen LogP contribution < -0.4 is 0 Å². The highest BCUT2D eigenvalue weighted by Gasteiger charge is 2.06. The third-order valence-corrected chi connectivity index (χ3v) is 2.49. The molecule has 3 nitrogen and oxygen atoms in total. The van der Waals surface area contributed by atoms with E-state index in [1.807, 2.05) is 0 Å². The molecule has 0 aliphatic carbocycles. The zero-order chi connectivity index (χ0) is 13.0. The first-order valence-corrected chi connectivity index (χ1v) is 5.46. The molecule has 0 radical (unpaired) electrons. The SMILES string of the molecule is O=C(/C=C\c1ccc(O)cc1)c1ccccc1O. The number of carbonyl (C=O) groups is 1. The van der Waals surface area contributed by atoms with E-state index in [4.69, 9.17) is 5.11 Å². The Morgan fingerprint density at radius 3 is 2.28 bits per heavy atom. The quantitative estimate of drug-likeness (QED) is 0.640. The molecule has 0 fully saturated rings. The standard InChI is InChI=1S/C15H12O3/c16-12-8-5-11(6-9-12)7-10-15(18)13-3-1-2-4-14(13)17/h1-10,16-17H/b10-7-. The summed E-state index contributed by atoms with van der Waals surface area (Å²) in [6, 6.07) is 12.9. The van der Waals surface area contributed by atoms with Crippen LogP contribution in [-0.4, -0.2) is 16.0 Å². The Kier molecular flexibility index (Phi) is 3.44. The summed E-state index contributed by atoms with van der Waals surface area (Å²) in [5.74, 6) is -0.113. The maximum Gasteiger partial charge on any atom is 0.189 e. The number of allylic oxidation sites excluding steroid dienone is 1. The lowest BCUT2D eigenvalue weighted by Gasteiger charge is -1.99. The van der Waals surface area contributed by atoms with E-state index in [0.717, 1.165) is 5.56 Å². The van der Waals surface area contributed by atoms with E-state index in [1.54, 1.807) is 48.5 Å². The lowest BCUT2D eigenvalue weighted by Crippen LogP contribution is -1.94. The fraction of sp³-hybridized carbons (Fsp3) is 0. The Hall–Kier alpha value is -2.55. The smallest absolute Gasteiger partial charge is 0.189 e. The largest absolute Gasteiger partial charge is 0.508 e. The highest BCUT2D eigenvalue weighted by Crippen LogP contribution is 2.17. The van der Waals surface area contributed by atoms with Crippen LogP contribution >= 0.6 is 0 Å². The molecule has 0 spiro atoms. The molecule has 18 heavy (non-hydrogen) atoms. The van der Waals surface area contributed by atoms with Crippen LogP contribution in [0.2, 0.25) is 0 Å². The van der Waals surface area contributed by atoms with Gasteiger partial charge in [-0.1, -0.05) is 30.3 Å². The maximum absolute atomic E-state index is 11.8. The highest BCUT2D eigenvalue weighted by atomic mass is 16.3. The number of hydrogen-bond acceptors (Lipinski definition) is 3. The number of para-hydroxylation sites is 1. The molecule has 2 aromatic carbocycles. The number of phenols is 2. The van der Waals surface area contributed by atoms with Crippen LogP contribution in [0.5, 0.6) is 11.5 Å². The monoisotopic (exact) mass is 240 g/mol. The van der Waals surface area contributed by atoms with Gasteiger partial charge in [-0.2, -0.15) is 0 Å². The van der Waals surface area contributed by atoms with Crippen LogP contribution in [0.1, 0.15) is 15.9 Å². The summed E-state index contributed by atoms with van der Waals surface area (Å²) in [5.41, 5.74) is 1.07.